The Bertz CT molecular complexity index is 266. The highest BCUT2D eigenvalue weighted by Crippen LogP contribution is 2.08. The van der Waals surface area contributed by atoms with Crippen LogP contribution in [-0.4, -0.2) is 39.6 Å². The Hall–Kier alpha value is -1.17. The van der Waals surface area contributed by atoms with Crippen molar-refractivity contribution >= 4 is 29.2 Å². The quantitative estimate of drug-likeness (QED) is 0.607. The maximum Gasteiger partial charge on any atom is 0.305 e. The normalized spacial score (nSPS) is 21.9. The molecule has 1 amide bonds. The molecule has 1 saturated heterocycles. The maximum atomic E-state index is 11.4. The summed E-state index contributed by atoms with van der Waals surface area (Å²) < 4.78 is 0. The maximum absolute atomic E-state index is 11.4. The Morgan fingerprint density at radius 3 is 2.77 bits per heavy atom. The van der Waals surface area contributed by atoms with Crippen LogP contribution < -0.4 is 5.32 Å². The van der Waals surface area contributed by atoms with Crippen molar-refractivity contribution in [1.82, 2.24) is 10.2 Å². The van der Waals surface area contributed by atoms with Gasteiger partial charge in [0.15, 0.2) is 5.11 Å². The minimum atomic E-state index is -1.01. The van der Waals surface area contributed by atoms with Crippen molar-refractivity contribution in [1.29, 1.82) is 0 Å². The van der Waals surface area contributed by atoms with Gasteiger partial charge in [0, 0.05) is 6.54 Å². The fourth-order valence-electron chi connectivity index (χ4n) is 1.19. The van der Waals surface area contributed by atoms with E-state index in [-0.39, 0.29) is 12.3 Å². The average molecular weight is 202 g/mol. The zero-order chi connectivity index (χ0) is 10.0. The molecule has 0 bridgehead atoms. The zero-order valence-corrected chi connectivity index (χ0v) is 7.93. The second-order valence-electron chi connectivity index (χ2n) is 2.68. The van der Waals surface area contributed by atoms with E-state index in [1.54, 1.807) is 6.92 Å². The summed E-state index contributed by atoms with van der Waals surface area (Å²) in [4.78, 5) is 23.1. The summed E-state index contributed by atoms with van der Waals surface area (Å²) in [6, 6.07) is -0.690. The molecule has 13 heavy (non-hydrogen) atoms. The molecule has 1 aliphatic rings. The van der Waals surface area contributed by atoms with Gasteiger partial charge in [0.25, 0.3) is 5.91 Å². The fraction of sp³-hybridized carbons (Fsp3) is 0.571. The van der Waals surface area contributed by atoms with Crippen molar-refractivity contribution in [3.05, 3.63) is 0 Å². The van der Waals surface area contributed by atoms with Crippen LogP contribution in [0.25, 0.3) is 0 Å². The van der Waals surface area contributed by atoms with E-state index in [9.17, 15) is 9.59 Å². The lowest BCUT2D eigenvalue weighted by molar-refractivity contribution is -0.140. The summed E-state index contributed by atoms with van der Waals surface area (Å²) >= 11 is 4.85. The second kappa shape index (κ2) is 3.69. The number of carboxylic acids is 1. The van der Waals surface area contributed by atoms with Crippen LogP contribution in [0, 0.1) is 0 Å². The molecule has 1 atom stereocenters. The van der Waals surface area contributed by atoms with E-state index in [0.29, 0.717) is 11.7 Å². The molecular weight excluding hydrogens is 192 g/mol. The number of aliphatic carboxylic acids is 1. The van der Waals surface area contributed by atoms with Crippen LogP contribution in [0.1, 0.15) is 13.3 Å². The summed E-state index contributed by atoms with van der Waals surface area (Å²) in [5.74, 6) is -1.26. The number of carboxylic acid groups (broad SMARTS) is 1. The van der Waals surface area contributed by atoms with Crippen LogP contribution in [0.2, 0.25) is 0 Å². The lowest BCUT2D eigenvalue weighted by Crippen LogP contribution is -2.32. The molecule has 2 N–H and O–H groups in total. The number of carbonyl (C=O) groups excluding carboxylic acids is 1. The molecule has 1 heterocycles. The van der Waals surface area contributed by atoms with Gasteiger partial charge in [-0.3, -0.25) is 14.5 Å². The summed E-state index contributed by atoms with van der Waals surface area (Å²) in [5.41, 5.74) is 0. The van der Waals surface area contributed by atoms with Gasteiger partial charge in [0.1, 0.15) is 6.04 Å². The molecule has 0 radical (unpaired) electrons. The number of thiocarbonyl (C=S) groups is 1. The summed E-state index contributed by atoms with van der Waals surface area (Å²) in [5, 5.41) is 11.5. The zero-order valence-electron chi connectivity index (χ0n) is 7.11. The third kappa shape index (κ3) is 1.95. The second-order valence-corrected chi connectivity index (χ2v) is 3.07. The Kier molecular flexibility index (Phi) is 2.82. The predicted octanol–water partition coefficient (Wildman–Crippen LogP) is -0.434. The smallest absolute Gasteiger partial charge is 0.305 e. The molecule has 6 heteroatoms. The van der Waals surface area contributed by atoms with E-state index in [2.05, 4.69) is 5.32 Å². The first-order chi connectivity index (χ1) is 6.06. The summed E-state index contributed by atoms with van der Waals surface area (Å²) in [7, 11) is 0. The molecule has 0 saturated carbocycles. The number of hydrogen-bond acceptors (Lipinski definition) is 3. The first-order valence-corrected chi connectivity index (χ1v) is 4.30. The third-order valence-electron chi connectivity index (χ3n) is 1.80. The summed E-state index contributed by atoms with van der Waals surface area (Å²) in [6.07, 6.45) is -0.227. The molecule has 0 aromatic rings. The van der Waals surface area contributed by atoms with Gasteiger partial charge in [0.2, 0.25) is 0 Å². The standard InChI is InChI=1S/C7H10N2O3S/c1-2-9-6(12)4(3-5(10)11)8-7(9)13/h4H,2-3H2,1H3,(H,8,13)(H,10,11)/t4-/m0/s1. The van der Waals surface area contributed by atoms with Crippen molar-refractivity contribution in [2.24, 2.45) is 0 Å². The number of carbonyl (C=O) groups is 2. The molecule has 0 aliphatic carbocycles. The monoisotopic (exact) mass is 202 g/mol. The van der Waals surface area contributed by atoms with Crippen molar-refractivity contribution in [2.75, 3.05) is 6.54 Å². The van der Waals surface area contributed by atoms with Gasteiger partial charge in [-0.15, -0.1) is 0 Å². The number of hydrogen-bond donors (Lipinski definition) is 2. The van der Waals surface area contributed by atoms with E-state index in [0.717, 1.165) is 0 Å². The minimum absolute atomic E-state index is 0.227. The first-order valence-electron chi connectivity index (χ1n) is 3.90. The lowest BCUT2D eigenvalue weighted by Gasteiger charge is -2.10. The highest BCUT2D eigenvalue weighted by Gasteiger charge is 2.35. The van der Waals surface area contributed by atoms with Crippen LogP contribution in [-0.2, 0) is 9.59 Å². The molecule has 0 aromatic carbocycles. The van der Waals surface area contributed by atoms with Gasteiger partial charge in [-0.05, 0) is 19.1 Å². The van der Waals surface area contributed by atoms with Crippen LogP contribution in [0.3, 0.4) is 0 Å². The number of nitrogens with one attached hydrogen (secondary N) is 1. The molecule has 0 spiro atoms. The Labute approximate surface area is 80.7 Å². The highest BCUT2D eigenvalue weighted by molar-refractivity contribution is 7.80. The molecule has 1 rings (SSSR count). The summed E-state index contributed by atoms with van der Waals surface area (Å²) in [6.45, 7) is 2.26. The number of amides is 1. The number of nitrogens with zero attached hydrogens (tertiary/aromatic N) is 1. The third-order valence-corrected chi connectivity index (χ3v) is 2.14. The van der Waals surface area contributed by atoms with Crippen molar-refractivity contribution < 1.29 is 14.7 Å². The van der Waals surface area contributed by atoms with E-state index < -0.39 is 12.0 Å². The van der Waals surface area contributed by atoms with Crippen LogP contribution in [0.15, 0.2) is 0 Å². The van der Waals surface area contributed by atoms with E-state index in [4.69, 9.17) is 17.3 Å². The predicted molar refractivity (Wildman–Crippen MR) is 49.2 cm³/mol. The van der Waals surface area contributed by atoms with E-state index in [1.165, 1.54) is 4.90 Å². The average Bonchev–Trinajstić information content (AvgIpc) is 2.26. The lowest BCUT2D eigenvalue weighted by atomic mass is 10.2. The van der Waals surface area contributed by atoms with Gasteiger partial charge in [-0.1, -0.05) is 0 Å². The van der Waals surface area contributed by atoms with Crippen molar-refractivity contribution in [2.45, 2.75) is 19.4 Å². The molecule has 1 aliphatic heterocycles. The van der Waals surface area contributed by atoms with Crippen LogP contribution in [0.5, 0.6) is 0 Å². The van der Waals surface area contributed by atoms with Gasteiger partial charge >= 0.3 is 5.97 Å². The van der Waals surface area contributed by atoms with Crippen molar-refractivity contribution in [3.8, 4) is 0 Å². The van der Waals surface area contributed by atoms with Crippen LogP contribution >= 0.6 is 12.2 Å². The highest BCUT2D eigenvalue weighted by atomic mass is 32.1. The minimum Gasteiger partial charge on any atom is -0.481 e. The largest absolute Gasteiger partial charge is 0.481 e. The molecule has 0 unspecified atom stereocenters. The fourth-order valence-corrected chi connectivity index (χ4v) is 1.55. The molecule has 0 aromatic heterocycles. The molecule has 5 nitrogen and oxygen atoms in total. The van der Waals surface area contributed by atoms with Crippen LogP contribution in [0.4, 0.5) is 0 Å². The molecule has 72 valence electrons. The Balaban J connectivity index is 2.67. The van der Waals surface area contributed by atoms with Gasteiger partial charge in [-0.25, -0.2) is 0 Å². The van der Waals surface area contributed by atoms with Gasteiger partial charge in [0.05, 0.1) is 6.42 Å². The Morgan fingerprint density at radius 2 is 2.38 bits per heavy atom. The van der Waals surface area contributed by atoms with E-state index in [1.807, 2.05) is 0 Å². The molecular formula is C7H10N2O3S. The van der Waals surface area contributed by atoms with Crippen molar-refractivity contribution in [3.63, 3.8) is 0 Å². The van der Waals surface area contributed by atoms with Gasteiger partial charge in [-0.2, -0.15) is 0 Å². The SMILES string of the molecule is CCN1C(=O)[C@H](CC(=O)O)NC1=S. The number of rotatable bonds is 3. The number of likely N-dealkylation sites (N-methyl/N-ethyl adjacent to an activating group) is 1. The van der Waals surface area contributed by atoms with Gasteiger partial charge < -0.3 is 10.4 Å². The topological polar surface area (TPSA) is 69.6 Å². The first kappa shape index (κ1) is 9.91. The van der Waals surface area contributed by atoms with E-state index >= 15 is 0 Å². The molecule has 1 fully saturated rings. The Morgan fingerprint density at radius 1 is 1.77 bits per heavy atom.